The van der Waals surface area contributed by atoms with Gasteiger partial charge in [0.1, 0.15) is 17.4 Å². The molecule has 0 aliphatic carbocycles. The molecule has 5 heteroatoms. The lowest BCUT2D eigenvalue weighted by Gasteiger charge is -2.18. The van der Waals surface area contributed by atoms with Crippen LogP contribution in [0, 0.1) is 6.92 Å². The Morgan fingerprint density at radius 2 is 2.17 bits per heavy atom. The third kappa shape index (κ3) is 3.30. The van der Waals surface area contributed by atoms with E-state index in [0.29, 0.717) is 12.4 Å². The monoisotopic (exact) mass is 246 g/mol. The highest BCUT2D eigenvalue weighted by Gasteiger charge is 2.09. The van der Waals surface area contributed by atoms with Crippen LogP contribution < -0.4 is 5.73 Å². The number of aromatic nitrogens is 2. The van der Waals surface area contributed by atoms with Crippen LogP contribution in [-0.4, -0.2) is 21.4 Å². The summed E-state index contributed by atoms with van der Waals surface area (Å²) in [6.07, 6.45) is 1.68. The van der Waals surface area contributed by atoms with Crippen molar-refractivity contribution in [2.45, 2.75) is 26.9 Å². The first-order valence-corrected chi connectivity index (χ1v) is 6.02. The van der Waals surface area contributed by atoms with E-state index in [1.165, 1.54) is 0 Å². The van der Waals surface area contributed by atoms with Crippen LogP contribution in [0.5, 0.6) is 0 Å². The topological polar surface area (TPSA) is 68.2 Å². The van der Waals surface area contributed by atoms with E-state index in [1.807, 2.05) is 19.1 Å². The second-order valence-corrected chi connectivity index (χ2v) is 4.23. The molecule has 2 rings (SSSR count). The van der Waals surface area contributed by atoms with Gasteiger partial charge in [-0.25, -0.2) is 9.97 Å². The summed E-state index contributed by atoms with van der Waals surface area (Å²) in [5, 5.41) is 0. The van der Waals surface area contributed by atoms with E-state index >= 15 is 0 Å². The van der Waals surface area contributed by atoms with Crippen LogP contribution in [-0.2, 0) is 13.1 Å². The zero-order valence-corrected chi connectivity index (χ0v) is 10.8. The molecule has 0 saturated carbocycles. The molecular formula is C13H18N4O. The van der Waals surface area contributed by atoms with Crippen molar-refractivity contribution in [3.63, 3.8) is 0 Å². The highest BCUT2D eigenvalue weighted by molar-refractivity contribution is 5.29. The molecule has 0 fully saturated rings. The number of nitrogen functional groups attached to an aromatic ring is 1. The summed E-state index contributed by atoms with van der Waals surface area (Å²) in [4.78, 5) is 10.8. The van der Waals surface area contributed by atoms with Crippen molar-refractivity contribution in [2.24, 2.45) is 0 Å². The smallest absolute Gasteiger partial charge is 0.144 e. The molecule has 2 heterocycles. The van der Waals surface area contributed by atoms with Gasteiger partial charge in [0.2, 0.25) is 0 Å². The fraction of sp³-hybridized carbons (Fsp3) is 0.385. The predicted octanol–water partition coefficient (Wildman–Crippen LogP) is 1.98. The largest absolute Gasteiger partial charge is 0.468 e. The van der Waals surface area contributed by atoms with Crippen molar-refractivity contribution in [3.8, 4) is 0 Å². The molecule has 0 bridgehead atoms. The Hall–Kier alpha value is -1.88. The molecule has 5 nitrogen and oxygen atoms in total. The van der Waals surface area contributed by atoms with E-state index in [9.17, 15) is 0 Å². The Labute approximate surface area is 107 Å². The number of rotatable bonds is 5. The maximum atomic E-state index is 5.72. The minimum Gasteiger partial charge on any atom is -0.468 e. The van der Waals surface area contributed by atoms with Gasteiger partial charge in [-0.15, -0.1) is 0 Å². The van der Waals surface area contributed by atoms with Gasteiger partial charge in [0.05, 0.1) is 19.4 Å². The lowest BCUT2D eigenvalue weighted by molar-refractivity contribution is 0.242. The third-order valence-corrected chi connectivity index (χ3v) is 2.69. The molecule has 0 aromatic carbocycles. The van der Waals surface area contributed by atoms with Crippen molar-refractivity contribution in [1.82, 2.24) is 14.9 Å². The van der Waals surface area contributed by atoms with Gasteiger partial charge >= 0.3 is 0 Å². The molecule has 0 aliphatic heterocycles. The van der Waals surface area contributed by atoms with E-state index < -0.39 is 0 Å². The number of nitrogens with two attached hydrogens (primary N) is 1. The summed E-state index contributed by atoms with van der Waals surface area (Å²) in [6, 6.07) is 5.63. The Kier molecular flexibility index (Phi) is 3.94. The summed E-state index contributed by atoms with van der Waals surface area (Å²) in [6.45, 7) is 6.34. The van der Waals surface area contributed by atoms with Gasteiger partial charge in [0.25, 0.3) is 0 Å². The van der Waals surface area contributed by atoms with E-state index in [1.54, 1.807) is 12.3 Å². The Bertz CT molecular complexity index is 475. The van der Waals surface area contributed by atoms with Crippen LogP contribution in [0.4, 0.5) is 5.82 Å². The first-order chi connectivity index (χ1) is 8.67. The molecule has 0 spiro atoms. The molecular weight excluding hydrogens is 228 g/mol. The molecule has 0 unspecified atom stereocenters. The number of hydrogen-bond donors (Lipinski definition) is 1. The van der Waals surface area contributed by atoms with Crippen molar-refractivity contribution in [3.05, 3.63) is 41.7 Å². The average Bonchev–Trinajstić information content (AvgIpc) is 2.79. The fourth-order valence-corrected chi connectivity index (χ4v) is 1.83. The van der Waals surface area contributed by atoms with Gasteiger partial charge in [-0.05, 0) is 25.6 Å². The van der Waals surface area contributed by atoms with Crippen molar-refractivity contribution in [1.29, 1.82) is 0 Å². The first kappa shape index (κ1) is 12.6. The second-order valence-electron chi connectivity index (χ2n) is 4.23. The fourth-order valence-electron chi connectivity index (χ4n) is 1.83. The van der Waals surface area contributed by atoms with Gasteiger partial charge in [0.15, 0.2) is 0 Å². The zero-order chi connectivity index (χ0) is 13.0. The highest BCUT2D eigenvalue weighted by atomic mass is 16.3. The molecule has 2 N–H and O–H groups in total. The van der Waals surface area contributed by atoms with E-state index in [-0.39, 0.29) is 0 Å². The van der Waals surface area contributed by atoms with Gasteiger partial charge in [-0.3, -0.25) is 4.90 Å². The zero-order valence-electron chi connectivity index (χ0n) is 10.8. The van der Waals surface area contributed by atoms with E-state index in [2.05, 4.69) is 21.8 Å². The third-order valence-electron chi connectivity index (χ3n) is 2.69. The Morgan fingerprint density at radius 1 is 1.33 bits per heavy atom. The van der Waals surface area contributed by atoms with Crippen LogP contribution in [0.25, 0.3) is 0 Å². The lowest BCUT2D eigenvalue weighted by atomic mass is 10.3. The van der Waals surface area contributed by atoms with Crippen LogP contribution in [0.1, 0.15) is 24.2 Å². The lowest BCUT2D eigenvalue weighted by Crippen LogP contribution is -2.23. The molecule has 0 aliphatic rings. The molecule has 96 valence electrons. The SMILES string of the molecule is CCN(Cc1nc(C)cc(N)n1)Cc1ccco1. The van der Waals surface area contributed by atoms with Gasteiger partial charge < -0.3 is 10.2 Å². The number of aryl methyl sites for hydroxylation is 1. The van der Waals surface area contributed by atoms with Gasteiger partial charge in [-0.1, -0.05) is 6.92 Å². The maximum Gasteiger partial charge on any atom is 0.144 e. The minimum atomic E-state index is 0.520. The maximum absolute atomic E-state index is 5.72. The molecule has 0 saturated heterocycles. The number of nitrogens with zero attached hydrogens (tertiary/aromatic N) is 3. The summed E-state index contributed by atoms with van der Waals surface area (Å²) in [5.74, 6) is 2.21. The average molecular weight is 246 g/mol. The molecule has 0 atom stereocenters. The van der Waals surface area contributed by atoms with Crippen molar-refractivity contribution >= 4 is 5.82 Å². The molecule has 2 aromatic heterocycles. The number of hydrogen-bond acceptors (Lipinski definition) is 5. The van der Waals surface area contributed by atoms with Crippen LogP contribution >= 0.6 is 0 Å². The summed E-state index contributed by atoms with van der Waals surface area (Å²) >= 11 is 0. The number of furan rings is 1. The summed E-state index contributed by atoms with van der Waals surface area (Å²) < 4.78 is 5.34. The summed E-state index contributed by atoms with van der Waals surface area (Å²) in [7, 11) is 0. The van der Waals surface area contributed by atoms with Crippen LogP contribution in [0.15, 0.2) is 28.9 Å². The standard InChI is InChI=1S/C13H18N4O/c1-3-17(8-11-5-4-6-18-11)9-13-15-10(2)7-12(14)16-13/h4-7H,3,8-9H2,1-2H3,(H2,14,15,16). The first-order valence-electron chi connectivity index (χ1n) is 6.02. The van der Waals surface area contributed by atoms with Gasteiger partial charge in [-0.2, -0.15) is 0 Å². The van der Waals surface area contributed by atoms with E-state index in [0.717, 1.165) is 30.4 Å². The molecule has 0 amide bonds. The van der Waals surface area contributed by atoms with Gasteiger partial charge in [0, 0.05) is 11.8 Å². The van der Waals surface area contributed by atoms with E-state index in [4.69, 9.17) is 10.2 Å². The highest BCUT2D eigenvalue weighted by Crippen LogP contribution is 2.09. The van der Waals surface area contributed by atoms with Crippen LogP contribution in [0.3, 0.4) is 0 Å². The normalized spacial score (nSPS) is 11.1. The molecule has 2 aromatic rings. The Morgan fingerprint density at radius 3 is 2.78 bits per heavy atom. The molecule has 0 radical (unpaired) electrons. The quantitative estimate of drug-likeness (QED) is 0.873. The predicted molar refractivity (Wildman–Crippen MR) is 69.7 cm³/mol. The number of anilines is 1. The summed E-state index contributed by atoms with van der Waals surface area (Å²) in [5.41, 5.74) is 6.62. The Balaban J connectivity index is 2.05. The second kappa shape index (κ2) is 5.64. The van der Waals surface area contributed by atoms with Crippen LogP contribution in [0.2, 0.25) is 0 Å². The van der Waals surface area contributed by atoms with Crippen molar-refractivity contribution in [2.75, 3.05) is 12.3 Å². The minimum absolute atomic E-state index is 0.520. The molecule has 18 heavy (non-hydrogen) atoms. The van der Waals surface area contributed by atoms with Crippen molar-refractivity contribution < 1.29 is 4.42 Å².